The van der Waals surface area contributed by atoms with Crippen molar-refractivity contribution in [1.29, 1.82) is 0 Å². The Morgan fingerprint density at radius 3 is 2.33 bits per heavy atom. The summed E-state index contributed by atoms with van der Waals surface area (Å²) in [7, 11) is 0. The molecule has 0 saturated heterocycles. The SMILES string of the molecule is O=C(OCCN1C(=O)c2ccccc2C1=O)c1cc(Cl)nc2ccccc12. The number of hydrogen-bond donors (Lipinski definition) is 0. The molecule has 2 amide bonds. The fourth-order valence-electron chi connectivity index (χ4n) is 3.06. The molecule has 1 aliphatic heterocycles. The van der Waals surface area contributed by atoms with Crippen LogP contribution in [0.4, 0.5) is 0 Å². The first kappa shape index (κ1) is 17.2. The molecule has 134 valence electrons. The molecule has 0 N–H and O–H groups in total. The van der Waals surface area contributed by atoms with Gasteiger partial charge in [0.2, 0.25) is 0 Å². The van der Waals surface area contributed by atoms with Gasteiger partial charge < -0.3 is 4.74 Å². The van der Waals surface area contributed by atoms with Crippen LogP contribution in [0.1, 0.15) is 31.1 Å². The number of carbonyl (C=O) groups is 3. The molecule has 0 atom stereocenters. The van der Waals surface area contributed by atoms with E-state index in [-0.39, 0.29) is 35.7 Å². The van der Waals surface area contributed by atoms with E-state index in [1.807, 2.05) is 0 Å². The van der Waals surface area contributed by atoms with E-state index in [1.54, 1.807) is 48.5 Å². The highest BCUT2D eigenvalue weighted by Gasteiger charge is 2.34. The van der Waals surface area contributed by atoms with Crippen molar-refractivity contribution >= 4 is 40.3 Å². The lowest BCUT2D eigenvalue weighted by Crippen LogP contribution is -2.33. The molecule has 0 aliphatic carbocycles. The molecule has 0 unspecified atom stereocenters. The number of rotatable bonds is 4. The van der Waals surface area contributed by atoms with Crippen molar-refractivity contribution < 1.29 is 19.1 Å². The Morgan fingerprint density at radius 2 is 1.63 bits per heavy atom. The fourth-order valence-corrected chi connectivity index (χ4v) is 3.26. The molecule has 27 heavy (non-hydrogen) atoms. The number of nitrogens with zero attached hydrogens (tertiary/aromatic N) is 2. The van der Waals surface area contributed by atoms with Crippen molar-refractivity contribution in [3.8, 4) is 0 Å². The van der Waals surface area contributed by atoms with Gasteiger partial charge in [-0.1, -0.05) is 41.9 Å². The highest BCUT2D eigenvalue weighted by Crippen LogP contribution is 2.23. The second kappa shape index (κ2) is 6.81. The highest BCUT2D eigenvalue weighted by atomic mass is 35.5. The summed E-state index contributed by atoms with van der Waals surface area (Å²) in [4.78, 5) is 42.3. The maximum atomic E-state index is 12.5. The summed E-state index contributed by atoms with van der Waals surface area (Å²) in [6.45, 7) is -0.132. The third-order valence-corrected chi connectivity index (χ3v) is 4.52. The zero-order chi connectivity index (χ0) is 19.0. The van der Waals surface area contributed by atoms with E-state index in [1.165, 1.54) is 6.07 Å². The molecule has 6 nitrogen and oxygen atoms in total. The number of aromatic nitrogens is 1. The number of hydrogen-bond acceptors (Lipinski definition) is 5. The van der Waals surface area contributed by atoms with E-state index in [0.29, 0.717) is 22.0 Å². The average Bonchev–Trinajstić information content (AvgIpc) is 2.92. The van der Waals surface area contributed by atoms with Crippen LogP contribution in [0, 0.1) is 0 Å². The van der Waals surface area contributed by atoms with Crippen LogP contribution >= 0.6 is 11.6 Å². The van der Waals surface area contributed by atoms with Crippen LogP contribution in [0.2, 0.25) is 5.15 Å². The standard InChI is InChI=1S/C20H13ClN2O4/c21-17-11-15(12-5-3-4-8-16(12)22-17)20(26)27-10-9-23-18(24)13-6-1-2-7-14(13)19(23)25/h1-8,11H,9-10H2. The van der Waals surface area contributed by atoms with Gasteiger partial charge in [-0.2, -0.15) is 0 Å². The molecule has 1 aromatic heterocycles. The van der Waals surface area contributed by atoms with Gasteiger partial charge in [0.15, 0.2) is 0 Å². The molecule has 2 aromatic carbocycles. The second-order valence-electron chi connectivity index (χ2n) is 5.95. The van der Waals surface area contributed by atoms with Gasteiger partial charge in [-0.3, -0.25) is 14.5 Å². The third-order valence-electron chi connectivity index (χ3n) is 4.33. The largest absolute Gasteiger partial charge is 0.460 e. The number of benzene rings is 2. The molecule has 2 heterocycles. The molecule has 0 fully saturated rings. The summed E-state index contributed by atoms with van der Waals surface area (Å²) in [5.41, 5.74) is 1.59. The number of esters is 1. The maximum Gasteiger partial charge on any atom is 0.338 e. The molecule has 0 radical (unpaired) electrons. The minimum atomic E-state index is -0.591. The zero-order valence-corrected chi connectivity index (χ0v) is 14.8. The summed E-state index contributed by atoms with van der Waals surface area (Å²) >= 11 is 5.98. The van der Waals surface area contributed by atoms with Crippen molar-refractivity contribution in [1.82, 2.24) is 9.88 Å². The Hall–Kier alpha value is -3.25. The Morgan fingerprint density at radius 1 is 1.00 bits per heavy atom. The topological polar surface area (TPSA) is 76.6 Å². The number of fused-ring (bicyclic) bond motifs is 2. The monoisotopic (exact) mass is 380 g/mol. The van der Waals surface area contributed by atoms with Gasteiger partial charge in [0.1, 0.15) is 11.8 Å². The molecule has 0 saturated carbocycles. The molecule has 3 aromatic rings. The number of ether oxygens (including phenoxy) is 1. The number of carbonyl (C=O) groups excluding carboxylic acids is 3. The molecular weight excluding hydrogens is 368 g/mol. The third kappa shape index (κ3) is 3.04. The first-order chi connectivity index (χ1) is 13.1. The minimum Gasteiger partial charge on any atom is -0.460 e. The minimum absolute atomic E-state index is 0.0190. The van der Waals surface area contributed by atoms with Crippen LogP contribution in [0.5, 0.6) is 0 Å². The van der Waals surface area contributed by atoms with Crippen molar-refractivity contribution in [3.05, 3.63) is 76.4 Å². The van der Waals surface area contributed by atoms with Crippen LogP contribution in [0.3, 0.4) is 0 Å². The van der Waals surface area contributed by atoms with E-state index in [2.05, 4.69) is 4.98 Å². The van der Waals surface area contributed by atoms with E-state index < -0.39 is 5.97 Å². The lowest BCUT2D eigenvalue weighted by atomic mass is 10.1. The normalized spacial score (nSPS) is 13.1. The van der Waals surface area contributed by atoms with E-state index in [9.17, 15) is 14.4 Å². The van der Waals surface area contributed by atoms with Crippen LogP contribution in [0.15, 0.2) is 54.6 Å². The molecule has 7 heteroatoms. The van der Waals surface area contributed by atoms with Crippen molar-refractivity contribution in [2.75, 3.05) is 13.2 Å². The van der Waals surface area contributed by atoms with Crippen LogP contribution in [-0.4, -0.2) is 40.8 Å². The average molecular weight is 381 g/mol. The molecule has 4 rings (SSSR count). The van der Waals surface area contributed by atoms with Gasteiger partial charge in [0.25, 0.3) is 11.8 Å². The molecule has 0 spiro atoms. The Bertz CT molecular complexity index is 1060. The van der Waals surface area contributed by atoms with Crippen molar-refractivity contribution in [3.63, 3.8) is 0 Å². The predicted octanol–water partition coefficient (Wildman–Crippen LogP) is 3.34. The zero-order valence-electron chi connectivity index (χ0n) is 14.0. The Balaban J connectivity index is 1.47. The van der Waals surface area contributed by atoms with Crippen LogP contribution < -0.4 is 0 Å². The highest BCUT2D eigenvalue weighted by molar-refractivity contribution is 6.30. The number of para-hydroxylation sites is 1. The van der Waals surface area contributed by atoms with Gasteiger partial charge in [-0.15, -0.1) is 0 Å². The quantitative estimate of drug-likeness (QED) is 0.394. The van der Waals surface area contributed by atoms with Gasteiger partial charge in [-0.05, 0) is 24.3 Å². The summed E-state index contributed by atoms with van der Waals surface area (Å²) in [6.07, 6.45) is 0. The molecule has 1 aliphatic rings. The van der Waals surface area contributed by atoms with Gasteiger partial charge in [-0.25, -0.2) is 9.78 Å². The first-order valence-electron chi connectivity index (χ1n) is 8.24. The lowest BCUT2D eigenvalue weighted by molar-refractivity contribution is 0.0422. The van der Waals surface area contributed by atoms with Crippen molar-refractivity contribution in [2.24, 2.45) is 0 Å². The van der Waals surface area contributed by atoms with Crippen LogP contribution in [-0.2, 0) is 4.74 Å². The Labute approximate surface area is 159 Å². The summed E-state index contributed by atoms with van der Waals surface area (Å²) < 4.78 is 5.28. The number of amides is 2. The number of halogens is 1. The predicted molar refractivity (Wildman–Crippen MR) is 98.8 cm³/mol. The first-order valence-corrected chi connectivity index (χ1v) is 8.61. The number of imide groups is 1. The number of pyridine rings is 1. The van der Waals surface area contributed by atoms with Crippen LogP contribution in [0.25, 0.3) is 10.9 Å². The second-order valence-corrected chi connectivity index (χ2v) is 6.34. The van der Waals surface area contributed by atoms with E-state index in [0.717, 1.165) is 4.90 Å². The Kier molecular flexibility index (Phi) is 4.33. The maximum absolute atomic E-state index is 12.5. The van der Waals surface area contributed by atoms with Gasteiger partial charge >= 0.3 is 5.97 Å². The lowest BCUT2D eigenvalue weighted by Gasteiger charge is -2.14. The molecular formula is C20H13ClN2O4. The summed E-state index contributed by atoms with van der Waals surface area (Å²) in [6, 6.07) is 15.1. The summed E-state index contributed by atoms with van der Waals surface area (Å²) in [5.74, 6) is -1.36. The van der Waals surface area contributed by atoms with Crippen molar-refractivity contribution in [2.45, 2.75) is 0 Å². The van der Waals surface area contributed by atoms with Gasteiger partial charge in [0.05, 0.1) is 28.8 Å². The fraction of sp³-hybridized carbons (Fsp3) is 0.100. The van der Waals surface area contributed by atoms with Gasteiger partial charge in [0, 0.05) is 5.39 Å². The van der Waals surface area contributed by atoms with E-state index >= 15 is 0 Å². The van der Waals surface area contributed by atoms with E-state index in [4.69, 9.17) is 16.3 Å². The smallest absolute Gasteiger partial charge is 0.338 e. The molecule has 0 bridgehead atoms. The summed E-state index contributed by atoms with van der Waals surface area (Å²) in [5, 5.41) is 0.800.